The molecule has 0 spiro atoms. The lowest BCUT2D eigenvalue weighted by Crippen LogP contribution is -2.09. The molecule has 0 aliphatic heterocycles. The molecule has 1 heterocycles. The van der Waals surface area contributed by atoms with Crippen LogP contribution in [0.4, 0.5) is 4.39 Å². The minimum absolute atomic E-state index is 0.274. The molecule has 2 aromatic rings. The molecule has 2 rings (SSSR count). The van der Waals surface area contributed by atoms with E-state index in [1.165, 1.54) is 12.1 Å². The Morgan fingerprint density at radius 1 is 1.22 bits per heavy atom. The molecule has 1 aromatic carbocycles. The maximum Gasteiger partial charge on any atom is 0.219 e. The zero-order valence-corrected chi connectivity index (χ0v) is 10.4. The lowest BCUT2D eigenvalue weighted by Gasteiger charge is -2.10. The fourth-order valence-electron chi connectivity index (χ4n) is 1.58. The number of benzene rings is 1. The Balaban J connectivity index is 2.24. The van der Waals surface area contributed by atoms with Crippen LogP contribution < -0.4 is 4.74 Å². The first-order valence-corrected chi connectivity index (χ1v) is 5.64. The van der Waals surface area contributed by atoms with Gasteiger partial charge < -0.3 is 9.47 Å². The monoisotopic (exact) mass is 250 g/mol. The van der Waals surface area contributed by atoms with E-state index in [-0.39, 0.29) is 5.82 Å². The molecule has 0 bridgehead atoms. The number of nitrogens with zero attached hydrogens (tertiary/aromatic N) is 2. The van der Waals surface area contributed by atoms with Crippen LogP contribution in [0.2, 0.25) is 0 Å². The first-order valence-electron chi connectivity index (χ1n) is 5.64. The fourth-order valence-corrected chi connectivity index (χ4v) is 1.58. The van der Waals surface area contributed by atoms with Crippen molar-refractivity contribution < 1.29 is 13.9 Å². The molecule has 0 fully saturated rings. The van der Waals surface area contributed by atoms with Gasteiger partial charge in [0.1, 0.15) is 12.4 Å². The van der Waals surface area contributed by atoms with Gasteiger partial charge in [-0.25, -0.2) is 9.07 Å². The number of hydrogen-bond donors (Lipinski definition) is 0. The van der Waals surface area contributed by atoms with E-state index >= 15 is 0 Å². The zero-order chi connectivity index (χ0) is 13.0. The molecule has 1 aromatic heterocycles. The second-order valence-electron chi connectivity index (χ2n) is 3.86. The van der Waals surface area contributed by atoms with Crippen LogP contribution in [-0.4, -0.2) is 30.1 Å². The minimum atomic E-state index is -0.274. The predicted molar refractivity (Wildman–Crippen MR) is 65.6 cm³/mol. The standard InChI is InChI=1S/C13H15FN2O2/c1-10-9-15-16(13(10)18-8-7-17-2)12-5-3-11(14)4-6-12/h3-6,9H,7-8H2,1-2H3. The minimum Gasteiger partial charge on any atom is -0.475 e. The fraction of sp³-hybridized carbons (Fsp3) is 0.308. The number of aryl methyl sites for hydroxylation is 1. The average molecular weight is 250 g/mol. The van der Waals surface area contributed by atoms with Gasteiger partial charge in [0, 0.05) is 12.7 Å². The largest absolute Gasteiger partial charge is 0.475 e. The van der Waals surface area contributed by atoms with Crippen molar-refractivity contribution in [2.45, 2.75) is 6.92 Å². The van der Waals surface area contributed by atoms with Crippen LogP contribution in [0.15, 0.2) is 30.5 Å². The lowest BCUT2D eigenvalue weighted by atomic mass is 10.3. The Bertz CT molecular complexity index is 508. The molecule has 0 saturated heterocycles. The van der Waals surface area contributed by atoms with Crippen molar-refractivity contribution in [3.63, 3.8) is 0 Å². The molecular formula is C13H15FN2O2. The van der Waals surface area contributed by atoms with Crippen molar-refractivity contribution in [2.24, 2.45) is 0 Å². The van der Waals surface area contributed by atoms with Gasteiger partial charge in [-0.05, 0) is 31.2 Å². The third-order valence-electron chi connectivity index (χ3n) is 2.49. The van der Waals surface area contributed by atoms with Crippen LogP contribution in [0.25, 0.3) is 5.69 Å². The molecule has 0 N–H and O–H groups in total. The van der Waals surface area contributed by atoms with Gasteiger partial charge >= 0.3 is 0 Å². The summed E-state index contributed by atoms with van der Waals surface area (Å²) in [4.78, 5) is 0. The molecular weight excluding hydrogens is 235 g/mol. The third-order valence-corrected chi connectivity index (χ3v) is 2.49. The number of methoxy groups -OCH3 is 1. The van der Waals surface area contributed by atoms with Gasteiger partial charge in [-0.1, -0.05) is 0 Å². The van der Waals surface area contributed by atoms with Gasteiger partial charge in [0.15, 0.2) is 0 Å². The van der Waals surface area contributed by atoms with Crippen molar-refractivity contribution in [1.82, 2.24) is 9.78 Å². The van der Waals surface area contributed by atoms with Gasteiger partial charge in [0.05, 0.1) is 18.5 Å². The Morgan fingerprint density at radius 3 is 2.61 bits per heavy atom. The number of ether oxygens (including phenoxy) is 2. The van der Waals surface area contributed by atoms with E-state index in [0.717, 1.165) is 11.3 Å². The Hall–Kier alpha value is -1.88. The van der Waals surface area contributed by atoms with Crippen LogP contribution in [0.5, 0.6) is 5.88 Å². The normalized spacial score (nSPS) is 10.6. The highest BCUT2D eigenvalue weighted by Gasteiger charge is 2.10. The quantitative estimate of drug-likeness (QED) is 0.764. The van der Waals surface area contributed by atoms with Gasteiger partial charge in [0.25, 0.3) is 0 Å². The summed E-state index contributed by atoms with van der Waals surface area (Å²) in [6.45, 7) is 2.87. The van der Waals surface area contributed by atoms with Crippen LogP contribution >= 0.6 is 0 Å². The second kappa shape index (κ2) is 5.64. The van der Waals surface area contributed by atoms with Crippen molar-refractivity contribution in [3.8, 4) is 11.6 Å². The van der Waals surface area contributed by atoms with E-state index in [9.17, 15) is 4.39 Å². The number of rotatable bonds is 5. The highest BCUT2D eigenvalue weighted by atomic mass is 19.1. The summed E-state index contributed by atoms with van der Waals surface area (Å²) < 4.78 is 25.1. The summed E-state index contributed by atoms with van der Waals surface area (Å²) >= 11 is 0. The number of aromatic nitrogens is 2. The van der Waals surface area contributed by atoms with E-state index in [2.05, 4.69) is 5.10 Å². The molecule has 5 heteroatoms. The van der Waals surface area contributed by atoms with Crippen molar-refractivity contribution in [1.29, 1.82) is 0 Å². The second-order valence-corrected chi connectivity index (χ2v) is 3.86. The summed E-state index contributed by atoms with van der Waals surface area (Å²) in [6, 6.07) is 6.10. The summed E-state index contributed by atoms with van der Waals surface area (Å²) in [5, 5.41) is 4.22. The van der Waals surface area contributed by atoms with E-state index < -0.39 is 0 Å². The molecule has 0 radical (unpaired) electrons. The molecule has 0 unspecified atom stereocenters. The van der Waals surface area contributed by atoms with Gasteiger partial charge in [-0.3, -0.25) is 0 Å². The Kier molecular flexibility index (Phi) is 3.94. The van der Waals surface area contributed by atoms with Crippen LogP contribution in [-0.2, 0) is 4.74 Å². The first kappa shape index (κ1) is 12.6. The summed E-state index contributed by atoms with van der Waals surface area (Å²) in [6.07, 6.45) is 1.71. The maximum absolute atomic E-state index is 12.9. The van der Waals surface area contributed by atoms with Crippen LogP contribution in [0.3, 0.4) is 0 Å². The van der Waals surface area contributed by atoms with E-state index in [1.54, 1.807) is 30.1 Å². The molecule has 0 aliphatic carbocycles. The highest BCUT2D eigenvalue weighted by Crippen LogP contribution is 2.21. The van der Waals surface area contributed by atoms with Crippen LogP contribution in [0.1, 0.15) is 5.56 Å². The molecule has 0 atom stereocenters. The molecule has 96 valence electrons. The first-order chi connectivity index (χ1) is 8.72. The Labute approximate surface area is 105 Å². The Morgan fingerprint density at radius 2 is 1.94 bits per heavy atom. The zero-order valence-electron chi connectivity index (χ0n) is 10.4. The SMILES string of the molecule is COCCOc1c(C)cnn1-c1ccc(F)cc1. The summed E-state index contributed by atoms with van der Waals surface area (Å²) in [7, 11) is 1.62. The van der Waals surface area contributed by atoms with Gasteiger partial charge in [-0.2, -0.15) is 5.10 Å². The van der Waals surface area contributed by atoms with Gasteiger partial charge in [-0.15, -0.1) is 0 Å². The topological polar surface area (TPSA) is 36.3 Å². The third kappa shape index (κ3) is 2.68. The molecule has 0 aliphatic rings. The van der Waals surface area contributed by atoms with Gasteiger partial charge in [0.2, 0.25) is 5.88 Å². The molecule has 4 nitrogen and oxygen atoms in total. The summed E-state index contributed by atoms with van der Waals surface area (Å²) in [5.41, 5.74) is 1.69. The smallest absolute Gasteiger partial charge is 0.219 e. The molecule has 0 amide bonds. The number of hydrogen-bond acceptors (Lipinski definition) is 3. The van der Waals surface area contributed by atoms with Crippen molar-refractivity contribution in [2.75, 3.05) is 20.3 Å². The highest BCUT2D eigenvalue weighted by molar-refractivity contribution is 5.37. The molecule has 0 saturated carbocycles. The predicted octanol–water partition coefficient (Wildman–Crippen LogP) is 2.35. The average Bonchev–Trinajstić information content (AvgIpc) is 2.73. The van der Waals surface area contributed by atoms with E-state index in [1.807, 2.05) is 6.92 Å². The van der Waals surface area contributed by atoms with Crippen LogP contribution in [0, 0.1) is 12.7 Å². The summed E-state index contributed by atoms with van der Waals surface area (Å²) in [5.74, 6) is 0.378. The lowest BCUT2D eigenvalue weighted by molar-refractivity contribution is 0.141. The van der Waals surface area contributed by atoms with Crippen molar-refractivity contribution in [3.05, 3.63) is 41.8 Å². The number of halogens is 1. The molecule has 18 heavy (non-hydrogen) atoms. The maximum atomic E-state index is 12.9. The van der Waals surface area contributed by atoms with E-state index in [0.29, 0.717) is 19.1 Å². The van der Waals surface area contributed by atoms with E-state index in [4.69, 9.17) is 9.47 Å². The van der Waals surface area contributed by atoms with Crippen molar-refractivity contribution >= 4 is 0 Å².